The van der Waals surface area contributed by atoms with Gasteiger partial charge in [-0.2, -0.15) is 0 Å². The van der Waals surface area contributed by atoms with Crippen molar-refractivity contribution in [1.82, 2.24) is 4.57 Å². The van der Waals surface area contributed by atoms with E-state index in [1.165, 1.54) is 105 Å². The third-order valence-electron chi connectivity index (χ3n) is 15.6. The second-order valence-corrected chi connectivity index (χ2v) is 18.6. The van der Waals surface area contributed by atoms with Gasteiger partial charge in [0, 0.05) is 27.4 Å². The van der Waals surface area contributed by atoms with Crippen LogP contribution in [-0.2, 0) is 10.8 Å². The molecule has 1 unspecified atom stereocenters. The molecule has 316 valence electrons. The van der Waals surface area contributed by atoms with Crippen LogP contribution in [0.2, 0.25) is 0 Å². The highest BCUT2D eigenvalue weighted by Gasteiger charge is 2.52. The van der Waals surface area contributed by atoms with Gasteiger partial charge in [-0.15, -0.1) is 0 Å². The van der Waals surface area contributed by atoms with Crippen LogP contribution in [0.1, 0.15) is 44.5 Å². The summed E-state index contributed by atoms with van der Waals surface area (Å²) in [5.41, 5.74) is 21.4. The van der Waals surface area contributed by atoms with Crippen LogP contribution in [0.3, 0.4) is 0 Å². The largest absolute Gasteiger partial charge is 0.309 e. The smallest absolute Gasteiger partial charge is 0.0755 e. The number of para-hydroxylation sites is 4. The lowest BCUT2D eigenvalue weighted by Gasteiger charge is -2.39. The SMILES string of the molecule is c1ccc(N(c2cccc3c2-c2ccccc2C32c3ccccc3-n3c4ccccc4c4cccc2c43)c2cc3c(c4ccccc24)-c2ccccc2C3(c2ccccc2)c2ccccc2)cc1. The molecule has 11 aromatic carbocycles. The number of hydrogen-bond acceptors (Lipinski definition) is 1. The normalized spacial score (nSPS) is 15.5. The maximum atomic E-state index is 2.58. The fraction of sp³-hybridized carbons (Fsp3) is 0.0303. The van der Waals surface area contributed by atoms with Gasteiger partial charge in [0.1, 0.15) is 0 Å². The van der Waals surface area contributed by atoms with Gasteiger partial charge >= 0.3 is 0 Å². The van der Waals surface area contributed by atoms with Gasteiger partial charge in [-0.05, 0) is 103 Å². The molecule has 1 spiro atoms. The van der Waals surface area contributed by atoms with Crippen molar-refractivity contribution >= 4 is 49.6 Å². The van der Waals surface area contributed by atoms with E-state index in [9.17, 15) is 0 Å². The Balaban J connectivity index is 1.08. The fourth-order valence-electron chi connectivity index (χ4n) is 13.2. The molecular weight excluding hydrogens is 821 g/mol. The lowest BCUT2D eigenvalue weighted by Crippen LogP contribution is -2.33. The highest BCUT2D eigenvalue weighted by Crippen LogP contribution is 2.65. The summed E-state index contributed by atoms with van der Waals surface area (Å²) in [6, 6.07) is 95.6. The number of rotatable bonds is 5. The molecule has 0 radical (unpaired) electrons. The third kappa shape index (κ3) is 4.61. The van der Waals surface area contributed by atoms with Gasteiger partial charge in [-0.25, -0.2) is 0 Å². The molecule has 12 aromatic rings. The average molecular weight is 863 g/mol. The first kappa shape index (κ1) is 37.5. The van der Waals surface area contributed by atoms with E-state index in [4.69, 9.17) is 0 Å². The van der Waals surface area contributed by atoms with E-state index in [0.29, 0.717) is 0 Å². The number of aromatic nitrogens is 1. The van der Waals surface area contributed by atoms with Gasteiger partial charge in [-0.3, -0.25) is 0 Å². The Morgan fingerprint density at radius 3 is 1.56 bits per heavy atom. The predicted octanol–water partition coefficient (Wildman–Crippen LogP) is 16.4. The van der Waals surface area contributed by atoms with Crippen LogP contribution in [0.5, 0.6) is 0 Å². The summed E-state index contributed by atoms with van der Waals surface area (Å²) in [5.74, 6) is 0. The van der Waals surface area contributed by atoms with Crippen molar-refractivity contribution in [3.63, 3.8) is 0 Å². The monoisotopic (exact) mass is 862 g/mol. The Morgan fingerprint density at radius 1 is 0.309 bits per heavy atom. The Kier molecular flexibility index (Phi) is 7.67. The second kappa shape index (κ2) is 13.9. The number of anilines is 3. The minimum Gasteiger partial charge on any atom is -0.309 e. The lowest BCUT2D eigenvalue weighted by molar-refractivity contribution is 0.748. The maximum Gasteiger partial charge on any atom is 0.0755 e. The van der Waals surface area contributed by atoms with Crippen LogP contribution in [0, 0.1) is 0 Å². The molecule has 68 heavy (non-hydrogen) atoms. The molecule has 2 aliphatic carbocycles. The molecule has 15 rings (SSSR count). The molecule has 2 nitrogen and oxygen atoms in total. The minimum absolute atomic E-state index is 0.576. The molecule has 3 aliphatic rings. The molecule has 2 heterocycles. The highest BCUT2D eigenvalue weighted by atomic mass is 15.1. The number of nitrogens with zero attached hydrogens (tertiary/aromatic N) is 2. The van der Waals surface area contributed by atoms with Crippen molar-refractivity contribution < 1.29 is 0 Å². The van der Waals surface area contributed by atoms with Crippen molar-refractivity contribution in [2.75, 3.05) is 4.90 Å². The molecule has 2 heteroatoms. The quantitative estimate of drug-likeness (QED) is 0.167. The van der Waals surface area contributed by atoms with Gasteiger partial charge in [0.05, 0.1) is 38.9 Å². The van der Waals surface area contributed by atoms with Gasteiger partial charge in [0.25, 0.3) is 0 Å². The molecule has 0 bridgehead atoms. The Morgan fingerprint density at radius 2 is 0.824 bits per heavy atom. The zero-order chi connectivity index (χ0) is 44.6. The summed E-state index contributed by atoms with van der Waals surface area (Å²) in [7, 11) is 0. The van der Waals surface area contributed by atoms with Crippen molar-refractivity contribution in [1.29, 1.82) is 0 Å². The third-order valence-corrected chi connectivity index (χ3v) is 15.6. The van der Waals surface area contributed by atoms with Crippen LogP contribution >= 0.6 is 0 Å². The molecular formula is C66H42N2. The van der Waals surface area contributed by atoms with Gasteiger partial charge in [-0.1, -0.05) is 218 Å². The van der Waals surface area contributed by atoms with Gasteiger partial charge < -0.3 is 9.47 Å². The summed E-state index contributed by atoms with van der Waals surface area (Å²) < 4.78 is 2.53. The molecule has 1 aliphatic heterocycles. The van der Waals surface area contributed by atoms with E-state index in [1.54, 1.807) is 0 Å². The molecule has 0 saturated carbocycles. The molecule has 0 fully saturated rings. The summed E-state index contributed by atoms with van der Waals surface area (Å²) in [6.45, 7) is 0. The zero-order valence-corrected chi connectivity index (χ0v) is 37.1. The Hall–Kier alpha value is -8.72. The van der Waals surface area contributed by atoms with E-state index < -0.39 is 10.8 Å². The van der Waals surface area contributed by atoms with Crippen LogP contribution in [0.4, 0.5) is 17.1 Å². The van der Waals surface area contributed by atoms with Gasteiger partial charge in [0.15, 0.2) is 0 Å². The summed E-state index contributed by atoms with van der Waals surface area (Å²) in [5, 5.41) is 5.01. The lowest BCUT2D eigenvalue weighted by atomic mass is 9.65. The van der Waals surface area contributed by atoms with Crippen molar-refractivity contribution in [3.8, 4) is 27.9 Å². The van der Waals surface area contributed by atoms with Crippen LogP contribution in [0.15, 0.2) is 255 Å². The zero-order valence-electron chi connectivity index (χ0n) is 37.1. The van der Waals surface area contributed by atoms with E-state index in [-0.39, 0.29) is 0 Å². The average Bonchev–Trinajstić information content (AvgIpc) is 4.03. The van der Waals surface area contributed by atoms with Crippen LogP contribution < -0.4 is 4.90 Å². The first-order chi connectivity index (χ1) is 33.8. The topological polar surface area (TPSA) is 8.17 Å². The first-order valence-corrected chi connectivity index (χ1v) is 23.8. The Bertz CT molecular complexity index is 3990. The van der Waals surface area contributed by atoms with E-state index in [0.717, 1.165) is 17.1 Å². The first-order valence-electron chi connectivity index (χ1n) is 23.8. The summed E-state index contributed by atoms with van der Waals surface area (Å²) in [6.07, 6.45) is 0. The number of hydrogen-bond donors (Lipinski definition) is 0. The number of fused-ring (bicyclic) bond motifs is 17. The number of benzene rings is 11. The summed E-state index contributed by atoms with van der Waals surface area (Å²) in [4.78, 5) is 2.58. The summed E-state index contributed by atoms with van der Waals surface area (Å²) >= 11 is 0. The van der Waals surface area contributed by atoms with Crippen LogP contribution in [0.25, 0.3) is 60.5 Å². The Labute approximate surface area is 395 Å². The second-order valence-electron chi connectivity index (χ2n) is 18.6. The van der Waals surface area contributed by atoms with E-state index in [1.807, 2.05) is 0 Å². The van der Waals surface area contributed by atoms with Crippen LogP contribution in [-0.4, -0.2) is 4.57 Å². The van der Waals surface area contributed by atoms with Crippen molar-refractivity contribution in [2.24, 2.45) is 0 Å². The standard InChI is InChI=1S/C66H42N2/c1-4-22-43(23-5-1)65(44-24-6-2-7-25-44)52-34-15-12-31-50(52)62-48-30-11-10-28-46(48)61(42-57(62)65)67(45-26-8-3-9-27-45)60-41-21-37-55-63(60)51-32-13-16-35-53(51)66(55)54-36-17-19-40-59(54)68-58-39-18-14-29-47(58)49-33-20-38-56(66)64(49)68/h1-42H. The molecule has 0 amide bonds. The van der Waals surface area contributed by atoms with E-state index >= 15 is 0 Å². The van der Waals surface area contributed by atoms with Crippen molar-refractivity contribution in [3.05, 3.63) is 299 Å². The maximum absolute atomic E-state index is 2.58. The molecule has 1 aromatic heterocycles. The van der Waals surface area contributed by atoms with Gasteiger partial charge in [0.2, 0.25) is 0 Å². The van der Waals surface area contributed by atoms with E-state index in [2.05, 4.69) is 264 Å². The minimum atomic E-state index is -0.581. The highest BCUT2D eigenvalue weighted by molar-refractivity contribution is 6.15. The molecule has 0 saturated heterocycles. The molecule has 0 N–H and O–H groups in total. The fourth-order valence-corrected chi connectivity index (χ4v) is 13.2. The van der Waals surface area contributed by atoms with Crippen molar-refractivity contribution in [2.45, 2.75) is 10.8 Å². The molecule has 1 atom stereocenters. The predicted molar refractivity (Wildman–Crippen MR) is 281 cm³/mol.